The van der Waals surface area contributed by atoms with Gasteiger partial charge in [-0.1, -0.05) is 115 Å². The van der Waals surface area contributed by atoms with Crippen molar-refractivity contribution in [1.29, 1.82) is 0 Å². The lowest BCUT2D eigenvalue weighted by Crippen LogP contribution is -2.00. The zero-order valence-electron chi connectivity index (χ0n) is 27.0. The van der Waals surface area contributed by atoms with E-state index in [1.807, 2.05) is 71.2 Å². The molecule has 0 aliphatic heterocycles. The lowest BCUT2D eigenvalue weighted by Gasteiger charge is -2.09. The number of furan rings is 1. The van der Waals surface area contributed by atoms with Crippen LogP contribution in [0.25, 0.3) is 108 Å². The number of nitrogens with zero attached hydrogens (tertiary/aromatic N) is 3. The molecule has 4 aromatic heterocycles. The van der Waals surface area contributed by atoms with Crippen molar-refractivity contribution in [1.82, 2.24) is 15.0 Å². The van der Waals surface area contributed by atoms with Crippen molar-refractivity contribution in [2.24, 2.45) is 0 Å². The second-order valence-corrected chi connectivity index (χ2v) is 14.8. The summed E-state index contributed by atoms with van der Waals surface area (Å²) in [6, 6.07) is 53.1. The number of para-hydroxylation sites is 1. The van der Waals surface area contributed by atoms with Crippen LogP contribution < -0.4 is 0 Å². The van der Waals surface area contributed by atoms with Gasteiger partial charge in [-0.3, -0.25) is 0 Å². The molecule has 0 fully saturated rings. The Labute approximate surface area is 299 Å². The molecule has 6 heteroatoms. The maximum atomic E-state index is 6.14. The van der Waals surface area contributed by atoms with Gasteiger partial charge in [0, 0.05) is 78.9 Å². The van der Waals surface area contributed by atoms with Gasteiger partial charge in [-0.25, -0.2) is 15.0 Å². The normalized spacial score (nSPS) is 11.9. The summed E-state index contributed by atoms with van der Waals surface area (Å²) < 4.78 is 11.2. The van der Waals surface area contributed by atoms with E-state index < -0.39 is 0 Å². The molecule has 0 saturated carbocycles. The fourth-order valence-corrected chi connectivity index (χ4v) is 9.94. The van der Waals surface area contributed by atoms with Gasteiger partial charge in [0.25, 0.3) is 0 Å². The van der Waals surface area contributed by atoms with Crippen molar-refractivity contribution in [3.8, 4) is 45.3 Å². The molecular weight excluding hydrogens is 663 g/mol. The van der Waals surface area contributed by atoms with Crippen LogP contribution >= 0.6 is 22.7 Å². The number of benzene rings is 7. The number of thiophene rings is 2. The van der Waals surface area contributed by atoms with E-state index in [2.05, 4.69) is 103 Å². The molecule has 238 valence electrons. The Morgan fingerprint density at radius 3 is 1.69 bits per heavy atom. The highest BCUT2D eigenvalue weighted by Gasteiger charge is 2.20. The molecule has 0 aliphatic rings. The molecule has 0 bridgehead atoms. The highest BCUT2D eigenvalue weighted by molar-refractivity contribution is 7.27. The first-order valence-corrected chi connectivity index (χ1v) is 18.5. The van der Waals surface area contributed by atoms with Crippen LogP contribution in [0.15, 0.2) is 156 Å². The number of hydrogen-bond acceptors (Lipinski definition) is 6. The van der Waals surface area contributed by atoms with Crippen molar-refractivity contribution in [2.75, 3.05) is 0 Å². The van der Waals surface area contributed by atoms with Crippen molar-refractivity contribution in [3.63, 3.8) is 0 Å². The molecule has 11 aromatic rings. The maximum Gasteiger partial charge on any atom is 0.165 e. The molecule has 0 atom stereocenters. The van der Waals surface area contributed by atoms with Crippen LogP contribution in [0.5, 0.6) is 0 Å². The van der Waals surface area contributed by atoms with E-state index in [-0.39, 0.29) is 0 Å². The zero-order valence-corrected chi connectivity index (χ0v) is 28.6. The number of rotatable bonds is 4. The van der Waals surface area contributed by atoms with Crippen LogP contribution in [-0.4, -0.2) is 15.0 Å². The van der Waals surface area contributed by atoms with Crippen LogP contribution in [0.4, 0.5) is 0 Å². The molecule has 0 radical (unpaired) electrons. The van der Waals surface area contributed by atoms with Crippen molar-refractivity contribution in [2.45, 2.75) is 0 Å². The van der Waals surface area contributed by atoms with E-state index in [1.54, 1.807) is 0 Å². The van der Waals surface area contributed by atoms with Crippen molar-refractivity contribution in [3.05, 3.63) is 152 Å². The minimum atomic E-state index is 0.626. The van der Waals surface area contributed by atoms with E-state index >= 15 is 0 Å². The van der Waals surface area contributed by atoms with Gasteiger partial charge in [0.1, 0.15) is 11.2 Å². The largest absolute Gasteiger partial charge is 0.456 e. The minimum Gasteiger partial charge on any atom is -0.456 e. The van der Waals surface area contributed by atoms with Crippen LogP contribution in [0.1, 0.15) is 0 Å². The van der Waals surface area contributed by atoms with Gasteiger partial charge in [0.2, 0.25) is 0 Å². The Bertz CT molecular complexity index is 3160. The summed E-state index contributed by atoms with van der Waals surface area (Å²) >= 11 is 3.69. The standard InChI is InChI=1S/C45H25N3OS2/c1-2-11-26(12-3-1)43-46-44(27-23-24-38-36(25-27)28-13-4-6-21-37(28)49-38)48-45(47-43)35-20-10-19-34-33-18-9-17-32(41(33)51-42(34)35)31-16-8-15-30-29-14-5-7-22-39(29)50-40(30)31/h1-25H. The zero-order chi connectivity index (χ0) is 33.5. The van der Waals surface area contributed by atoms with E-state index in [0.29, 0.717) is 17.5 Å². The smallest absolute Gasteiger partial charge is 0.165 e. The van der Waals surface area contributed by atoms with Crippen LogP contribution in [0, 0.1) is 0 Å². The number of fused-ring (bicyclic) bond motifs is 9. The fraction of sp³-hybridized carbons (Fsp3) is 0. The predicted octanol–water partition coefficient (Wildman–Crippen LogP) is 13.2. The van der Waals surface area contributed by atoms with E-state index in [9.17, 15) is 0 Å². The second-order valence-electron chi connectivity index (χ2n) is 12.7. The molecule has 4 nitrogen and oxygen atoms in total. The SMILES string of the molecule is c1ccc(-c2nc(-c3ccc4oc5ccccc5c4c3)nc(-c3cccc4c3sc3c(-c5cccc6c5sc5ccccc56)cccc34)n2)cc1. The molecule has 11 rings (SSSR count). The summed E-state index contributed by atoms with van der Waals surface area (Å²) in [6.07, 6.45) is 0. The third-order valence-corrected chi connectivity index (χ3v) is 12.3. The molecule has 0 saturated heterocycles. The van der Waals surface area contributed by atoms with E-state index in [0.717, 1.165) is 43.3 Å². The van der Waals surface area contributed by atoms with Gasteiger partial charge in [-0.2, -0.15) is 0 Å². The van der Waals surface area contributed by atoms with Gasteiger partial charge in [0.15, 0.2) is 17.5 Å². The van der Waals surface area contributed by atoms with Gasteiger partial charge in [-0.05, 0) is 36.4 Å². The molecule has 7 aromatic carbocycles. The lowest BCUT2D eigenvalue weighted by atomic mass is 10.00. The first-order valence-electron chi connectivity index (χ1n) is 16.9. The van der Waals surface area contributed by atoms with E-state index in [4.69, 9.17) is 19.4 Å². The number of aromatic nitrogens is 3. The second kappa shape index (κ2) is 11.2. The lowest BCUT2D eigenvalue weighted by molar-refractivity contribution is 0.669. The molecule has 0 unspecified atom stereocenters. The van der Waals surface area contributed by atoms with Gasteiger partial charge in [-0.15, -0.1) is 22.7 Å². The Morgan fingerprint density at radius 1 is 0.353 bits per heavy atom. The van der Waals surface area contributed by atoms with Crippen LogP contribution in [-0.2, 0) is 0 Å². The van der Waals surface area contributed by atoms with Crippen LogP contribution in [0.3, 0.4) is 0 Å². The highest BCUT2D eigenvalue weighted by atomic mass is 32.1. The maximum absolute atomic E-state index is 6.14. The average Bonchev–Trinajstić information content (AvgIpc) is 3.89. The highest BCUT2D eigenvalue weighted by Crippen LogP contribution is 2.47. The van der Waals surface area contributed by atoms with Gasteiger partial charge < -0.3 is 4.42 Å². The molecule has 51 heavy (non-hydrogen) atoms. The molecule has 0 amide bonds. The van der Waals surface area contributed by atoms with Crippen LogP contribution in [0.2, 0.25) is 0 Å². The third kappa shape index (κ3) is 4.47. The fourth-order valence-electron chi connectivity index (χ4n) is 7.37. The monoisotopic (exact) mass is 687 g/mol. The third-order valence-electron chi connectivity index (χ3n) is 9.76. The molecule has 0 aliphatic carbocycles. The topological polar surface area (TPSA) is 51.8 Å². The Hall–Kier alpha value is -6.21. The summed E-state index contributed by atoms with van der Waals surface area (Å²) in [5.74, 6) is 1.92. The molecule has 4 heterocycles. The van der Waals surface area contributed by atoms with Crippen molar-refractivity contribution < 1.29 is 4.42 Å². The minimum absolute atomic E-state index is 0.626. The Balaban J connectivity index is 1.13. The quantitative estimate of drug-likeness (QED) is 0.185. The molecule has 0 N–H and O–H groups in total. The first kappa shape index (κ1) is 28.6. The Morgan fingerprint density at radius 2 is 0.902 bits per heavy atom. The molecular formula is C45H25N3OS2. The first-order chi connectivity index (χ1) is 25.3. The summed E-state index contributed by atoms with van der Waals surface area (Å²) in [4.78, 5) is 15.4. The summed E-state index contributed by atoms with van der Waals surface area (Å²) in [7, 11) is 0. The Kier molecular flexibility index (Phi) is 6.26. The predicted molar refractivity (Wildman–Crippen MR) is 215 cm³/mol. The average molecular weight is 688 g/mol. The van der Waals surface area contributed by atoms with Gasteiger partial charge >= 0.3 is 0 Å². The summed E-state index contributed by atoms with van der Waals surface area (Å²) in [5, 5.41) is 7.17. The summed E-state index contributed by atoms with van der Waals surface area (Å²) in [5.41, 5.74) is 7.08. The van der Waals surface area contributed by atoms with E-state index in [1.165, 1.54) is 46.8 Å². The van der Waals surface area contributed by atoms with Gasteiger partial charge in [0.05, 0.1) is 0 Å². The molecule has 0 spiro atoms. The van der Waals surface area contributed by atoms with Crippen molar-refractivity contribution >= 4 is 85.0 Å². The number of hydrogen-bond donors (Lipinski definition) is 0. The summed E-state index contributed by atoms with van der Waals surface area (Å²) in [6.45, 7) is 0.